The van der Waals surface area contributed by atoms with Crippen LogP contribution >= 0.6 is 11.3 Å². The number of carbonyl (C=O) groups excluding carboxylic acids is 1. The Morgan fingerprint density at radius 2 is 2.00 bits per heavy atom. The van der Waals surface area contributed by atoms with Crippen LogP contribution in [0.2, 0.25) is 0 Å². The Balaban J connectivity index is 1.94. The maximum absolute atomic E-state index is 12.8. The maximum atomic E-state index is 12.8. The lowest BCUT2D eigenvalue weighted by Crippen LogP contribution is -2.29. The van der Waals surface area contributed by atoms with E-state index in [4.69, 9.17) is 0 Å². The minimum Gasteiger partial charge on any atom is -0.340 e. The van der Waals surface area contributed by atoms with Crippen LogP contribution in [0.3, 0.4) is 0 Å². The van der Waals surface area contributed by atoms with Gasteiger partial charge in [0.1, 0.15) is 5.82 Å². The highest BCUT2D eigenvalue weighted by molar-refractivity contribution is 7.10. The van der Waals surface area contributed by atoms with Gasteiger partial charge in [-0.25, -0.2) is 9.97 Å². The van der Waals surface area contributed by atoms with Gasteiger partial charge in [-0.1, -0.05) is 35.9 Å². The van der Waals surface area contributed by atoms with Crippen molar-refractivity contribution in [3.8, 4) is 0 Å². The van der Waals surface area contributed by atoms with Crippen molar-refractivity contribution < 1.29 is 4.79 Å². The Kier molecular flexibility index (Phi) is 4.71. The number of amides is 1. The van der Waals surface area contributed by atoms with Gasteiger partial charge in [0.05, 0.1) is 17.3 Å². The van der Waals surface area contributed by atoms with Crippen LogP contribution in [0.1, 0.15) is 43.9 Å². The molecule has 1 amide bonds. The van der Waals surface area contributed by atoms with E-state index in [2.05, 4.69) is 34.3 Å². The largest absolute Gasteiger partial charge is 0.340 e. The molecule has 0 aliphatic rings. The van der Waals surface area contributed by atoms with Gasteiger partial charge in [-0.3, -0.25) is 4.79 Å². The molecule has 0 aliphatic heterocycles. The van der Waals surface area contributed by atoms with Gasteiger partial charge < -0.3 is 5.32 Å². The van der Waals surface area contributed by atoms with E-state index in [9.17, 15) is 4.79 Å². The predicted octanol–water partition coefficient (Wildman–Crippen LogP) is 3.98. The summed E-state index contributed by atoms with van der Waals surface area (Å²) in [6, 6.07) is 12.1. The molecule has 0 fully saturated rings. The van der Waals surface area contributed by atoms with Crippen molar-refractivity contribution in [2.24, 2.45) is 0 Å². The second-order valence-corrected chi connectivity index (χ2v) is 6.73. The Morgan fingerprint density at radius 3 is 2.67 bits per heavy atom. The van der Waals surface area contributed by atoms with Crippen molar-refractivity contribution in [3.63, 3.8) is 0 Å². The topological polar surface area (TPSA) is 54.9 Å². The van der Waals surface area contributed by atoms with Gasteiger partial charge in [0.15, 0.2) is 0 Å². The van der Waals surface area contributed by atoms with Gasteiger partial charge in [0, 0.05) is 11.1 Å². The molecule has 2 aromatic heterocycles. The minimum atomic E-state index is -0.182. The molecule has 0 saturated carbocycles. The Bertz CT molecular complexity index is 859. The number of nitrogens with zero attached hydrogens (tertiary/aromatic N) is 2. The van der Waals surface area contributed by atoms with Crippen LogP contribution in [0.4, 0.5) is 0 Å². The van der Waals surface area contributed by atoms with Crippen LogP contribution in [0.5, 0.6) is 0 Å². The van der Waals surface area contributed by atoms with Crippen LogP contribution < -0.4 is 5.32 Å². The molecule has 2 heterocycles. The summed E-state index contributed by atoms with van der Waals surface area (Å²) >= 11 is 1.63. The number of nitrogens with one attached hydrogen (secondary N) is 1. The molecule has 0 radical (unpaired) electrons. The predicted molar refractivity (Wildman–Crippen MR) is 96.3 cm³/mol. The monoisotopic (exact) mass is 337 g/mol. The normalized spacial score (nSPS) is 12.0. The van der Waals surface area contributed by atoms with E-state index < -0.39 is 0 Å². The lowest BCUT2D eigenvalue weighted by molar-refractivity contribution is 0.0942. The van der Waals surface area contributed by atoms with Gasteiger partial charge in [-0.05, 0) is 37.8 Å². The molecule has 5 heteroatoms. The summed E-state index contributed by atoms with van der Waals surface area (Å²) in [5.74, 6) is 0.505. The average molecular weight is 337 g/mol. The van der Waals surface area contributed by atoms with Crippen LogP contribution in [0, 0.1) is 20.8 Å². The van der Waals surface area contributed by atoms with Crippen molar-refractivity contribution >= 4 is 17.2 Å². The first kappa shape index (κ1) is 16.3. The number of aromatic nitrogens is 2. The zero-order chi connectivity index (χ0) is 17.1. The summed E-state index contributed by atoms with van der Waals surface area (Å²) in [4.78, 5) is 22.3. The fourth-order valence-corrected chi connectivity index (χ4v) is 3.44. The van der Waals surface area contributed by atoms with Crippen molar-refractivity contribution in [1.29, 1.82) is 0 Å². The summed E-state index contributed by atoms with van der Waals surface area (Å²) in [5.41, 5.74) is 3.43. The molecule has 0 bridgehead atoms. The third-order valence-electron chi connectivity index (χ3n) is 3.82. The lowest BCUT2D eigenvalue weighted by atomic mass is 10.0. The van der Waals surface area contributed by atoms with Crippen LogP contribution in [0.25, 0.3) is 0 Å². The van der Waals surface area contributed by atoms with Crippen molar-refractivity contribution in [1.82, 2.24) is 15.3 Å². The molecule has 1 N–H and O–H groups in total. The molecule has 0 saturated heterocycles. The first-order valence-corrected chi connectivity index (χ1v) is 8.63. The van der Waals surface area contributed by atoms with Gasteiger partial charge in [0.25, 0.3) is 5.91 Å². The summed E-state index contributed by atoms with van der Waals surface area (Å²) in [6.07, 6.45) is 1.59. The number of rotatable bonds is 4. The number of hydrogen-bond acceptors (Lipinski definition) is 4. The summed E-state index contributed by atoms with van der Waals surface area (Å²) < 4.78 is 0. The highest BCUT2D eigenvalue weighted by Gasteiger charge is 2.20. The van der Waals surface area contributed by atoms with Gasteiger partial charge in [-0.2, -0.15) is 0 Å². The summed E-state index contributed by atoms with van der Waals surface area (Å²) in [7, 11) is 0. The maximum Gasteiger partial charge on any atom is 0.255 e. The molecule has 24 heavy (non-hydrogen) atoms. The molecule has 0 aliphatic carbocycles. The number of aryl methyl sites for hydroxylation is 3. The third kappa shape index (κ3) is 3.51. The number of thiophene rings is 1. The SMILES string of the molecule is Cc1cccc([C@H](NC(=O)c2cnc(C)nc2C)c2cccs2)c1. The number of carbonyl (C=O) groups is 1. The molecule has 1 atom stereocenters. The standard InChI is InChI=1S/C19H19N3OS/c1-12-6-4-7-15(10-12)18(17-8-5-9-24-17)22-19(23)16-11-20-14(3)21-13(16)2/h4-11,18H,1-3H3,(H,22,23)/t18-/m0/s1. The Labute approximate surface area is 145 Å². The molecular formula is C19H19N3OS. The van der Waals surface area contributed by atoms with E-state index in [1.165, 1.54) is 0 Å². The summed E-state index contributed by atoms with van der Waals surface area (Å²) in [6.45, 7) is 5.70. The Hall–Kier alpha value is -2.53. The van der Waals surface area contributed by atoms with E-state index in [0.29, 0.717) is 17.1 Å². The minimum absolute atomic E-state index is 0.160. The molecule has 3 aromatic rings. The zero-order valence-electron chi connectivity index (χ0n) is 13.9. The van der Waals surface area contributed by atoms with E-state index in [1.54, 1.807) is 17.5 Å². The quantitative estimate of drug-likeness (QED) is 0.783. The molecule has 0 spiro atoms. The van der Waals surface area contributed by atoms with Gasteiger partial charge in [-0.15, -0.1) is 11.3 Å². The van der Waals surface area contributed by atoms with E-state index in [-0.39, 0.29) is 11.9 Å². The summed E-state index contributed by atoms with van der Waals surface area (Å²) in [5, 5.41) is 5.15. The fourth-order valence-electron chi connectivity index (χ4n) is 2.64. The van der Waals surface area contributed by atoms with Crippen molar-refractivity contribution in [2.75, 3.05) is 0 Å². The van der Waals surface area contributed by atoms with Crippen molar-refractivity contribution in [3.05, 3.63) is 81.1 Å². The molecule has 1 aromatic carbocycles. The first-order valence-electron chi connectivity index (χ1n) is 7.75. The molecule has 4 nitrogen and oxygen atoms in total. The van der Waals surface area contributed by atoms with E-state index in [0.717, 1.165) is 16.0 Å². The smallest absolute Gasteiger partial charge is 0.255 e. The van der Waals surface area contributed by atoms with Gasteiger partial charge >= 0.3 is 0 Å². The van der Waals surface area contributed by atoms with Crippen LogP contribution in [-0.2, 0) is 0 Å². The number of benzene rings is 1. The fraction of sp³-hybridized carbons (Fsp3) is 0.211. The number of hydrogen-bond donors (Lipinski definition) is 1. The molecule has 0 unspecified atom stereocenters. The third-order valence-corrected chi connectivity index (χ3v) is 4.76. The second-order valence-electron chi connectivity index (χ2n) is 5.75. The second kappa shape index (κ2) is 6.93. The lowest BCUT2D eigenvalue weighted by Gasteiger charge is -2.19. The van der Waals surface area contributed by atoms with Gasteiger partial charge in [0.2, 0.25) is 0 Å². The highest BCUT2D eigenvalue weighted by Crippen LogP contribution is 2.27. The molecule has 3 rings (SSSR count). The van der Waals surface area contributed by atoms with Crippen molar-refractivity contribution in [2.45, 2.75) is 26.8 Å². The highest BCUT2D eigenvalue weighted by atomic mass is 32.1. The Morgan fingerprint density at radius 1 is 1.17 bits per heavy atom. The zero-order valence-corrected chi connectivity index (χ0v) is 14.7. The van der Waals surface area contributed by atoms with Crippen LogP contribution in [0.15, 0.2) is 48.0 Å². The van der Waals surface area contributed by atoms with Crippen LogP contribution in [-0.4, -0.2) is 15.9 Å². The van der Waals surface area contributed by atoms with E-state index in [1.807, 2.05) is 43.5 Å². The van der Waals surface area contributed by atoms with E-state index >= 15 is 0 Å². The average Bonchev–Trinajstić information content (AvgIpc) is 3.06. The molecule has 122 valence electrons. The first-order chi connectivity index (χ1) is 11.5. The molecular weight excluding hydrogens is 318 g/mol.